The summed E-state index contributed by atoms with van der Waals surface area (Å²) in [5.41, 5.74) is 2.48. The van der Waals surface area contributed by atoms with E-state index in [2.05, 4.69) is 17.4 Å². The Hall–Kier alpha value is -1.39. The van der Waals surface area contributed by atoms with Crippen LogP contribution in [-0.2, 0) is 12.8 Å². The molecule has 0 amide bonds. The van der Waals surface area contributed by atoms with Crippen molar-refractivity contribution in [3.05, 3.63) is 45.4 Å². The van der Waals surface area contributed by atoms with Gasteiger partial charge in [-0.3, -0.25) is 0 Å². The van der Waals surface area contributed by atoms with E-state index in [0.29, 0.717) is 6.61 Å². The second kappa shape index (κ2) is 5.94. The van der Waals surface area contributed by atoms with E-state index in [4.69, 9.17) is 9.72 Å². The first kappa shape index (κ1) is 13.6. The molecule has 3 rings (SSSR count). The predicted octanol–water partition coefficient (Wildman–Crippen LogP) is 3.34. The van der Waals surface area contributed by atoms with Crippen LogP contribution in [0.1, 0.15) is 40.5 Å². The normalized spacial score (nSPS) is 15.1. The van der Waals surface area contributed by atoms with Crippen molar-refractivity contribution in [3.63, 3.8) is 0 Å². The third-order valence-corrected chi connectivity index (χ3v) is 4.90. The smallest absolute Gasteiger partial charge is 0.124 e. The second-order valence-electron chi connectivity index (χ2n) is 4.97. The van der Waals surface area contributed by atoms with Gasteiger partial charge in [0.2, 0.25) is 0 Å². The monoisotopic (exact) mass is 288 g/mol. The molecule has 1 aromatic heterocycles. The Morgan fingerprint density at radius 2 is 2.20 bits per heavy atom. The van der Waals surface area contributed by atoms with Crippen LogP contribution in [0.5, 0.6) is 5.75 Å². The first-order chi connectivity index (χ1) is 9.83. The van der Waals surface area contributed by atoms with Gasteiger partial charge in [0.1, 0.15) is 10.8 Å². The number of ether oxygens (including phenoxy) is 1. The van der Waals surface area contributed by atoms with E-state index in [1.54, 1.807) is 0 Å². The maximum Gasteiger partial charge on any atom is 0.124 e. The number of rotatable bonds is 5. The lowest BCUT2D eigenvalue weighted by atomic mass is 10.1. The molecule has 0 saturated carbocycles. The molecule has 106 valence electrons. The Bertz CT molecular complexity index is 572. The molecule has 1 N–H and O–H groups in total. The molecule has 0 aliphatic heterocycles. The zero-order valence-electron chi connectivity index (χ0n) is 12.0. The first-order valence-electron chi connectivity index (χ1n) is 7.21. The van der Waals surface area contributed by atoms with Crippen molar-refractivity contribution in [1.29, 1.82) is 0 Å². The van der Waals surface area contributed by atoms with Gasteiger partial charge in [0.25, 0.3) is 0 Å². The summed E-state index contributed by atoms with van der Waals surface area (Å²) in [6.07, 6.45) is 3.58. The van der Waals surface area contributed by atoms with E-state index in [1.807, 2.05) is 37.4 Å². The number of thiazole rings is 1. The Labute approximate surface area is 124 Å². The zero-order chi connectivity index (χ0) is 13.9. The van der Waals surface area contributed by atoms with Crippen LogP contribution in [-0.4, -0.2) is 18.6 Å². The van der Waals surface area contributed by atoms with Crippen LogP contribution in [0.3, 0.4) is 0 Å². The van der Waals surface area contributed by atoms with Gasteiger partial charge in [-0.05, 0) is 39.3 Å². The lowest BCUT2D eigenvalue weighted by molar-refractivity contribution is 0.334. The van der Waals surface area contributed by atoms with Gasteiger partial charge in [0.15, 0.2) is 0 Å². The van der Waals surface area contributed by atoms with Crippen LogP contribution in [0.25, 0.3) is 0 Å². The van der Waals surface area contributed by atoms with Gasteiger partial charge < -0.3 is 10.1 Å². The highest BCUT2D eigenvalue weighted by atomic mass is 32.1. The maximum atomic E-state index is 5.76. The van der Waals surface area contributed by atoms with Crippen molar-refractivity contribution in [2.45, 2.75) is 32.2 Å². The summed E-state index contributed by atoms with van der Waals surface area (Å²) in [5, 5.41) is 4.55. The number of fused-ring (bicyclic) bond motifs is 1. The molecule has 0 radical (unpaired) electrons. The molecule has 3 nitrogen and oxygen atoms in total. The van der Waals surface area contributed by atoms with Crippen molar-refractivity contribution in [2.24, 2.45) is 0 Å². The summed E-state index contributed by atoms with van der Waals surface area (Å²) in [7, 11) is 1.99. The fourth-order valence-electron chi connectivity index (χ4n) is 2.75. The van der Waals surface area contributed by atoms with Crippen molar-refractivity contribution in [2.75, 3.05) is 13.7 Å². The summed E-state index contributed by atoms with van der Waals surface area (Å²) in [6, 6.07) is 8.35. The molecule has 0 saturated heterocycles. The average Bonchev–Trinajstić information content (AvgIpc) is 3.03. The topological polar surface area (TPSA) is 34.1 Å². The largest absolute Gasteiger partial charge is 0.494 e. The Kier molecular flexibility index (Phi) is 4.03. The molecular formula is C16H20N2OS. The highest BCUT2D eigenvalue weighted by Gasteiger charge is 2.24. The number of para-hydroxylation sites is 1. The third kappa shape index (κ3) is 2.45. The Morgan fingerprint density at radius 3 is 2.95 bits per heavy atom. The minimum atomic E-state index is 0.119. The zero-order valence-corrected chi connectivity index (χ0v) is 12.8. The fourth-order valence-corrected chi connectivity index (χ4v) is 4.03. The van der Waals surface area contributed by atoms with Crippen LogP contribution >= 0.6 is 11.3 Å². The Balaban J connectivity index is 1.96. The quantitative estimate of drug-likeness (QED) is 0.916. The summed E-state index contributed by atoms with van der Waals surface area (Å²) in [4.78, 5) is 6.31. The van der Waals surface area contributed by atoms with Gasteiger partial charge in [-0.2, -0.15) is 0 Å². The van der Waals surface area contributed by atoms with Crippen LogP contribution in [0.4, 0.5) is 0 Å². The summed E-state index contributed by atoms with van der Waals surface area (Å²) in [6.45, 7) is 2.70. The number of hydrogen-bond acceptors (Lipinski definition) is 4. The van der Waals surface area contributed by atoms with E-state index in [0.717, 1.165) is 17.2 Å². The van der Waals surface area contributed by atoms with E-state index in [-0.39, 0.29) is 6.04 Å². The number of nitrogens with one attached hydrogen (secondary N) is 1. The predicted molar refractivity (Wildman–Crippen MR) is 82.7 cm³/mol. The standard InChI is InChI=1S/C16H20N2OS/c1-3-19-13-9-5-4-7-11(13)15(17-2)16-18-12-8-6-10-14(12)20-16/h4-5,7,9,15,17H,3,6,8,10H2,1-2H3. The van der Waals surface area contributed by atoms with Gasteiger partial charge in [-0.15, -0.1) is 11.3 Å². The lowest BCUT2D eigenvalue weighted by Gasteiger charge is -2.18. The van der Waals surface area contributed by atoms with Crippen molar-refractivity contribution >= 4 is 11.3 Å². The molecule has 1 aliphatic rings. The number of hydrogen-bond donors (Lipinski definition) is 1. The molecule has 0 bridgehead atoms. The molecule has 4 heteroatoms. The van der Waals surface area contributed by atoms with Gasteiger partial charge in [-0.1, -0.05) is 18.2 Å². The molecule has 0 spiro atoms. The molecule has 20 heavy (non-hydrogen) atoms. The molecule has 1 atom stereocenters. The number of aromatic nitrogens is 1. The second-order valence-corrected chi connectivity index (χ2v) is 6.08. The molecule has 2 aromatic rings. The highest BCUT2D eigenvalue weighted by Crippen LogP contribution is 2.35. The molecule has 1 aromatic carbocycles. The average molecular weight is 288 g/mol. The van der Waals surface area contributed by atoms with Crippen molar-refractivity contribution in [1.82, 2.24) is 10.3 Å². The van der Waals surface area contributed by atoms with E-state index in [9.17, 15) is 0 Å². The SMILES string of the molecule is CCOc1ccccc1C(NC)c1nc2c(s1)CCC2. The minimum Gasteiger partial charge on any atom is -0.494 e. The summed E-state index contributed by atoms with van der Waals surface area (Å²) >= 11 is 1.85. The highest BCUT2D eigenvalue weighted by molar-refractivity contribution is 7.11. The molecule has 1 unspecified atom stereocenters. The van der Waals surface area contributed by atoms with Crippen LogP contribution in [0.2, 0.25) is 0 Å². The van der Waals surface area contributed by atoms with Crippen molar-refractivity contribution in [3.8, 4) is 5.75 Å². The van der Waals surface area contributed by atoms with Crippen LogP contribution in [0.15, 0.2) is 24.3 Å². The van der Waals surface area contributed by atoms with Crippen LogP contribution < -0.4 is 10.1 Å². The van der Waals surface area contributed by atoms with Gasteiger partial charge in [-0.25, -0.2) is 4.98 Å². The van der Waals surface area contributed by atoms with Crippen molar-refractivity contribution < 1.29 is 4.74 Å². The molecular weight excluding hydrogens is 268 g/mol. The lowest BCUT2D eigenvalue weighted by Crippen LogP contribution is -2.18. The van der Waals surface area contributed by atoms with Gasteiger partial charge >= 0.3 is 0 Å². The molecule has 1 heterocycles. The van der Waals surface area contributed by atoms with E-state index < -0.39 is 0 Å². The van der Waals surface area contributed by atoms with E-state index >= 15 is 0 Å². The maximum absolute atomic E-state index is 5.76. The number of benzene rings is 1. The van der Waals surface area contributed by atoms with Crippen LogP contribution in [0, 0.1) is 0 Å². The first-order valence-corrected chi connectivity index (χ1v) is 8.02. The third-order valence-electron chi connectivity index (χ3n) is 3.68. The summed E-state index contributed by atoms with van der Waals surface area (Å²) in [5.74, 6) is 0.949. The number of nitrogens with zero attached hydrogens (tertiary/aromatic N) is 1. The van der Waals surface area contributed by atoms with Gasteiger partial charge in [0.05, 0.1) is 18.3 Å². The molecule has 0 fully saturated rings. The summed E-state index contributed by atoms with van der Waals surface area (Å²) < 4.78 is 5.76. The Morgan fingerprint density at radius 1 is 1.35 bits per heavy atom. The molecule has 1 aliphatic carbocycles. The van der Waals surface area contributed by atoms with E-state index in [1.165, 1.54) is 29.0 Å². The fraction of sp³-hybridized carbons (Fsp3) is 0.438. The number of aryl methyl sites for hydroxylation is 2. The van der Waals surface area contributed by atoms with Gasteiger partial charge in [0, 0.05) is 10.4 Å². The minimum absolute atomic E-state index is 0.119.